The minimum Gasteiger partial charge on any atom is -0.494 e. The van der Waals surface area contributed by atoms with Crippen molar-refractivity contribution < 1.29 is 38.7 Å². The van der Waals surface area contributed by atoms with Gasteiger partial charge >= 0.3 is 11.9 Å². The first-order valence-electron chi connectivity index (χ1n) is 13.2. The van der Waals surface area contributed by atoms with Gasteiger partial charge in [-0.15, -0.1) is 0 Å². The normalized spacial score (nSPS) is 10.3. The average molecular weight is 578 g/mol. The van der Waals surface area contributed by atoms with Crippen LogP contribution in [0.3, 0.4) is 0 Å². The van der Waals surface area contributed by atoms with Gasteiger partial charge < -0.3 is 39.0 Å². The monoisotopic (exact) mass is 577 g/mol. The molecule has 0 aliphatic heterocycles. The molecule has 0 aliphatic carbocycles. The van der Waals surface area contributed by atoms with Crippen molar-refractivity contribution in [1.29, 1.82) is 0 Å². The molecule has 3 aromatic carbocycles. The van der Waals surface area contributed by atoms with Crippen molar-refractivity contribution in [3.63, 3.8) is 0 Å². The second-order valence-electron chi connectivity index (χ2n) is 8.79. The highest BCUT2D eigenvalue weighted by molar-refractivity contribution is 6.27. The molecule has 0 aliphatic rings. The van der Waals surface area contributed by atoms with Gasteiger partial charge in [0.1, 0.15) is 12.4 Å². The Bertz CT molecular complexity index is 1410. The predicted octanol–water partition coefficient (Wildman–Crippen LogP) is 4.95. The van der Waals surface area contributed by atoms with Gasteiger partial charge in [-0.2, -0.15) is 0 Å². The standard InChI is InChI=1S/C29H33N3O4.C2H2O4/c1-4-35-25-13-11-24(12-14-25)26-20-31-29(32(26)16-17-33-2)30-19-23-10-15-27(28(18-23)34-3)36-21-22-8-6-5-7-9-22;3-1(4)2(5)6/h5-15,18,20H,4,16-17,19,21H2,1-3H3,(H,30,31);(H,3,4)(H,5,6). The topological polar surface area (TPSA) is 141 Å². The largest absolute Gasteiger partial charge is 0.494 e. The molecule has 0 atom stereocenters. The van der Waals surface area contributed by atoms with Gasteiger partial charge in [0.2, 0.25) is 5.95 Å². The summed E-state index contributed by atoms with van der Waals surface area (Å²) in [4.78, 5) is 22.9. The molecule has 0 fully saturated rings. The van der Waals surface area contributed by atoms with Crippen molar-refractivity contribution in [2.75, 3.05) is 32.8 Å². The number of nitrogens with zero attached hydrogens (tertiary/aromatic N) is 2. The number of hydrogen-bond acceptors (Lipinski definition) is 8. The second kappa shape index (κ2) is 16.3. The summed E-state index contributed by atoms with van der Waals surface area (Å²) in [5.74, 6) is -0.607. The maximum Gasteiger partial charge on any atom is 0.414 e. The summed E-state index contributed by atoms with van der Waals surface area (Å²) >= 11 is 0. The average Bonchev–Trinajstić information content (AvgIpc) is 3.41. The van der Waals surface area contributed by atoms with Gasteiger partial charge in [0, 0.05) is 25.8 Å². The van der Waals surface area contributed by atoms with E-state index >= 15 is 0 Å². The summed E-state index contributed by atoms with van der Waals surface area (Å²) in [6.07, 6.45) is 1.88. The van der Waals surface area contributed by atoms with Crippen LogP contribution in [0.5, 0.6) is 17.2 Å². The second-order valence-corrected chi connectivity index (χ2v) is 8.79. The molecule has 0 unspecified atom stereocenters. The highest BCUT2D eigenvalue weighted by atomic mass is 16.5. The van der Waals surface area contributed by atoms with E-state index in [1.54, 1.807) is 14.2 Å². The van der Waals surface area contributed by atoms with Gasteiger partial charge in [-0.1, -0.05) is 36.4 Å². The van der Waals surface area contributed by atoms with Crippen LogP contribution >= 0.6 is 0 Å². The molecule has 1 aromatic heterocycles. The van der Waals surface area contributed by atoms with Gasteiger partial charge in [0.15, 0.2) is 11.5 Å². The number of imidazole rings is 1. The molecule has 0 radical (unpaired) electrons. The Labute approximate surface area is 244 Å². The van der Waals surface area contributed by atoms with Crippen LogP contribution in [0.25, 0.3) is 11.3 Å². The molecule has 11 nitrogen and oxygen atoms in total. The summed E-state index contributed by atoms with van der Waals surface area (Å²) in [7, 11) is 3.36. The Balaban J connectivity index is 0.000000730. The van der Waals surface area contributed by atoms with E-state index in [0.717, 1.165) is 34.1 Å². The Morgan fingerprint density at radius 1 is 0.881 bits per heavy atom. The van der Waals surface area contributed by atoms with E-state index in [4.69, 9.17) is 38.7 Å². The quantitative estimate of drug-likeness (QED) is 0.187. The van der Waals surface area contributed by atoms with Gasteiger partial charge in [-0.05, 0) is 54.4 Å². The molecule has 4 aromatic rings. The molecule has 0 saturated heterocycles. The van der Waals surface area contributed by atoms with Crippen LogP contribution in [0.15, 0.2) is 79.0 Å². The summed E-state index contributed by atoms with van der Waals surface area (Å²) in [5.41, 5.74) is 4.25. The van der Waals surface area contributed by atoms with E-state index in [1.807, 2.05) is 85.9 Å². The van der Waals surface area contributed by atoms with Crippen molar-refractivity contribution in [3.8, 4) is 28.5 Å². The minimum absolute atomic E-state index is 0.486. The van der Waals surface area contributed by atoms with Crippen molar-refractivity contribution >= 4 is 17.9 Å². The number of methoxy groups -OCH3 is 2. The number of carboxylic acids is 2. The molecule has 3 N–H and O–H groups in total. The Morgan fingerprint density at radius 2 is 1.60 bits per heavy atom. The van der Waals surface area contributed by atoms with E-state index in [9.17, 15) is 0 Å². The third-order valence-corrected chi connectivity index (χ3v) is 5.93. The van der Waals surface area contributed by atoms with Gasteiger partial charge in [-0.25, -0.2) is 14.6 Å². The summed E-state index contributed by atoms with van der Waals surface area (Å²) in [6, 6.07) is 24.1. The highest BCUT2D eigenvalue weighted by Crippen LogP contribution is 2.30. The maximum absolute atomic E-state index is 9.10. The molecule has 0 amide bonds. The lowest BCUT2D eigenvalue weighted by atomic mass is 10.1. The smallest absolute Gasteiger partial charge is 0.414 e. The first kappa shape index (κ1) is 31.5. The van der Waals surface area contributed by atoms with Crippen LogP contribution in [0.1, 0.15) is 18.1 Å². The SMILES string of the molecule is CCOc1ccc(-c2cnc(NCc3ccc(OCc4ccccc4)c(OC)c3)n2CCOC)cc1.O=C(O)C(=O)O. The van der Waals surface area contributed by atoms with Crippen LogP contribution in [0.4, 0.5) is 5.95 Å². The van der Waals surface area contributed by atoms with Crippen LogP contribution < -0.4 is 19.5 Å². The van der Waals surface area contributed by atoms with E-state index in [1.165, 1.54) is 0 Å². The number of ether oxygens (including phenoxy) is 4. The van der Waals surface area contributed by atoms with Crippen LogP contribution in [-0.4, -0.2) is 59.1 Å². The number of hydrogen-bond donors (Lipinski definition) is 3. The van der Waals surface area contributed by atoms with Crippen molar-refractivity contribution in [2.45, 2.75) is 26.6 Å². The minimum atomic E-state index is -1.82. The molecular formula is C31H35N3O8. The lowest BCUT2D eigenvalue weighted by molar-refractivity contribution is -0.159. The first-order valence-corrected chi connectivity index (χ1v) is 13.2. The zero-order valence-electron chi connectivity index (χ0n) is 23.8. The zero-order chi connectivity index (χ0) is 30.3. The lowest BCUT2D eigenvalue weighted by Gasteiger charge is -2.15. The summed E-state index contributed by atoms with van der Waals surface area (Å²) in [6.45, 7) is 4.95. The number of carboxylic acid groups (broad SMARTS) is 2. The fourth-order valence-corrected chi connectivity index (χ4v) is 3.90. The van der Waals surface area contributed by atoms with E-state index in [0.29, 0.717) is 44.4 Å². The number of carbonyl (C=O) groups is 2. The molecule has 0 bridgehead atoms. The van der Waals surface area contributed by atoms with Gasteiger partial charge in [0.05, 0.1) is 32.2 Å². The zero-order valence-corrected chi connectivity index (χ0v) is 23.8. The molecule has 11 heteroatoms. The molecule has 1 heterocycles. The molecule has 4 rings (SSSR count). The number of rotatable bonds is 13. The number of anilines is 1. The van der Waals surface area contributed by atoms with Crippen LogP contribution in [-0.2, 0) is 34.0 Å². The third-order valence-electron chi connectivity index (χ3n) is 5.93. The summed E-state index contributed by atoms with van der Waals surface area (Å²) < 4.78 is 24.6. The maximum atomic E-state index is 9.10. The third kappa shape index (κ3) is 9.27. The molecular weight excluding hydrogens is 542 g/mol. The van der Waals surface area contributed by atoms with E-state index in [2.05, 4.69) is 14.9 Å². The summed E-state index contributed by atoms with van der Waals surface area (Å²) in [5, 5.41) is 18.2. The number of nitrogens with one attached hydrogen (secondary N) is 1. The lowest BCUT2D eigenvalue weighted by Crippen LogP contribution is -2.12. The molecule has 0 spiro atoms. The fourth-order valence-electron chi connectivity index (χ4n) is 3.90. The molecule has 0 saturated carbocycles. The predicted molar refractivity (Wildman–Crippen MR) is 157 cm³/mol. The molecule has 222 valence electrons. The van der Waals surface area contributed by atoms with E-state index < -0.39 is 11.9 Å². The van der Waals surface area contributed by atoms with Crippen LogP contribution in [0.2, 0.25) is 0 Å². The van der Waals surface area contributed by atoms with Crippen molar-refractivity contribution in [2.24, 2.45) is 0 Å². The van der Waals surface area contributed by atoms with E-state index in [-0.39, 0.29) is 0 Å². The Morgan fingerprint density at radius 3 is 2.21 bits per heavy atom. The fraction of sp³-hybridized carbons (Fsp3) is 0.258. The molecule has 42 heavy (non-hydrogen) atoms. The Hall–Kier alpha value is -5.03. The van der Waals surface area contributed by atoms with Crippen LogP contribution in [0, 0.1) is 0 Å². The Kier molecular flexibility index (Phi) is 12.2. The number of benzene rings is 3. The number of aromatic nitrogens is 2. The van der Waals surface area contributed by atoms with Crippen molar-refractivity contribution in [3.05, 3.63) is 90.1 Å². The van der Waals surface area contributed by atoms with Gasteiger partial charge in [-0.3, -0.25) is 0 Å². The van der Waals surface area contributed by atoms with Gasteiger partial charge in [0.25, 0.3) is 0 Å². The van der Waals surface area contributed by atoms with Crippen molar-refractivity contribution in [1.82, 2.24) is 9.55 Å². The number of aliphatic carboxylic acids is 2. The first-order chi connectivity index (χ1) is 20.4. The highest BCUT2D eigenvalue weighted by Gasteiger charge is 2.13.